The van der Waals surface area contributed by atoms with Gasteiger partial charge in [0.05, 0.1) is 12.7 Å². The second kappa shape index (κ2) is 9.54. The molecule has 1 atom stereocenters. The molecule has 0 bridgehead atoms. The van der Waals surface area contributed by atoms with Gasteiger partial charge < -0.3 is 9.47 Å². The molecule has 144 valence electrons. The Kier molecular flexibility index (Phi) is 6.38. The summed E-state index contributed by atoms with van der Waals surface area (Å²) in [6, 6.07) is 29.3. The predicted molar refractivity (Wildman–Crippen MR) is 112 cm³/mol. The summed E-state index contributed by atoms with van der Waals surface area (Å²) in [5.41, 5.74) is 3.79. The third-order valence-electron chi connectivity index (χ3n) is 5.21. The van der Waals surface area contributed by atoms with E-state index in [1.807, 2.05) is 30.3 Å². The van der Waals surface area contributed by atoms with Crippen molar-refractivity contribution >= 4 is 0 Å². The Morgan fingerprint density at radius 2 is 1.50 bits per heavy atom. The van der Waals surface area contributed by atoms with Crippen molar-refractivity contribution in [2.24, 2.45) is 0 Å². The molecule has 0 N–H and O–H groups in total. The second-order valence-corrected chi connectivity index (χ2v) is 7.24. The van der Waals surface area contributed by atoms with Gasteiger partial charge in [-0.3, -0.25) is 4.90 Å². The van der Waals surface area contributed by atoms with Crippen LogP contribution in [0.25, 0.3) is 0 Å². The normalized spacial score (nSPS) is 17.4. The van der Waals surface area contributed by atoms with Crippen LogP contribution in [0.15, 0.2) is 84.9 Å². The molecule has 3 heteroatoms. The van der Waals surface area contributed by atoms with Crippen molar-refractivity contribution in [1.29, 1.82) is 0 Å². The van der Waals surface area contributed by atoms with Crippen LogP contribution in [0.1, 0.15) is 22.8 Å². The van der Waals surface area contributed by atoms with Crippen molar-refractivity contribution in [2.45, 2.75) is 19.1 Å². The number of morpholine rings is 1. The van der Waals surface area contributed by atoms with Crippen molar-refractivity contribution in [3.05, 3.63) is 102 Å². The Bertz CT molecular complexity index is 833. The van der Waals surface area contributed by atoms with Crippen LogP contribution < -0.4 is 4.74 Å². The van der Waals surface area contributed by atoms with Crippen molar-refractivity contribution in [3.8, 4) is 5.75 Å². The van der Waals surface area contributed by atoms with Crippen molar-refractivity contribution < 1.29 is 9.47 Å². The Balaban J connectivity index is 1.29. The summed E-state index contributed by atoms with van der Waals surface area (Å²) in [6.07, 6.45) is 1.22. The summed E-state index contributed by atoms with van der Waals surface area (Å²) >= 11 is 0. The second-order valence-electron chi connectivity index (χ2n) is 7.24. The van der Waals surface area contributed by atoms with Crippen molar-refractivity contribution in [2.75, 3.05) is 26.2 Å². The number of nitrogens with zero attached hydrogens (tertiary/aromatic N) is 1. The zero-order valence-electron chi connectivity index (χ0n) is 16.2. The molecule has 3 nitrogen and oxygen atoms in total. The first-order valence-corrected chi connectivity index (χ1v) is 10.0. The molecule has 28 heavy (non-hydrogen) atoms. The molecule has 0 saturated carbocycles. The van der Waals surface area contributed by atoms with Gasteiger partial charge in [0, 0.05) is 19.6 Å². The lowest BCUT2D eigenvalue weighted by Gasteiger charge is -2.33. The zero-order chi connectivity index (χ0) is 19.0. The van der Waals surface area contributed by atoms with E-state index in [2.05, 4.69) is 59.5 Å². The smallest absolute Gasteiger partial charge is 0.119 e. The predicted octanol–water partition coefficient (Wildman–Crippen LogP) is 4.88. The van der Waals surface area contributed by atoms with E-state index in [4.69, 9.17) is 9.47 Å². The molecule has 4 rings (SSSR count). The maximum Gasteiger partial charge on any atom is 0.119 e. The van der Waals surface area contributed by atoms with Crippen LogP contribution in [0.2, 0.25) is 0 Å². The molecule has 0 aliphatic carbocycles. The van der Waals surface area contributed by atoms with E-state index >= 15 is 0 Å². The lowest BCUT2D eigenvalue weighted by atomic mass is 10.1. The van der Waals surface area contributed by atoms with E-state index in [0.29, 0.717) is 6.61 Å². The third-order valence-corrected chi connectivity index (χ3v) is 5.21. The van der Waals surface area contributed by atoms with E-state index in [-0.39, 0.29) is 6.10 Å². The Hall–Kier alpha value is -2.62. The Morgan fingerprint density at radius 3 is 2.21 bits per heavy atom. The highest BCUT2D eigenvalue weighted by Crippen LogP contribution is 2.25. The fourth-order valence-electron chi connectivity index (χ4n) is 3.56. The van der Waals surface area contributed by atoms with Crippen molar-refractivity contribution in [3.63, 3.8) is 0 Å². The standard InChI is InChI=1S/C25H27NO2/c1-3-7-21(8-4-1)15-16-26-17-18-27-25(19-26)23-11-13-24(14-12-23)28-20-22-9-5-2-6-10-22/h1-14,25H,15-20H2. The van der Waals surface area contributed by atoms with E-state index < -0.39 is 0 Å². The summed E-state index contributed by atoms with van der Waals surface area (Å²) in [7, 11) is 0. The van der Waals surface area contributed by atoms with Crippen LogP contribution in [0.3, 0.4) is 0 Å². The summed E-state index contributed by atoms with van der Waals surface area (Å²) in [4.78, 5) is 2.50. The minimum atomic E-state index is 0.132. The van der Waals surface area contributed by atoms with Gasteiger partial charge in [0.15, 0.2) is 0 Å². The van der Waals surface area contributed by atoms with Gasteiger partial charge in [-0.05, 0) is 35.2 Å². The first-order valence-electron chi connectivity index (χ1n) is 10.0. The summed E-state index contributed by atoms with van der Waals surface area (Å²) in [5.74, 6) is 0.893. The zero-order valence-corrected chi connectivity index (χ0v) is 16.2. The van der Waals surface area contributed by atoms with Crippen LogP contribution in [0.5, 0.6) is 5.75 Å². The molecule has 1 fully saturated rings. The molecule has 1 saturated heterocycles. The van der Waals surface area contributed by atoms with Crippen LogP contribution in [0.4, 0.5) is 0 Å². The molecule has 0 spiro atoms. The van der Waals surface area contributed by atoms with Gasteiger partial charge in [-0.25, -0.2) is 0 Å². The van der Waals surface area contributed by atoms with Gasteiger partial charge in [-0.15, -0.1) is 0 Å². The highest BCUT2D eigenvalue weighted by Gasteiger charge is 2.21. The SMILES string of the molecule is c1ccc(CCN2CCOC(c3ccc(OCc4ccccc4)cc3)C2)cc1. The Morgan fingerprint density at radius 1 is 0.821 bits per heavy atom. The first kappa shape index (κ1) is 18.7. The molecule has 1 heterocycles. The van der Waals surface area contributed by atoms with Crippen molar-refractivity contribution in [1.82, 2.24) is 4.90 Å². The van der Waals surface area contributed by atoms with Crippen LogP contribution in [0, 0.1) is 0 Å². The fraction of sp³-hybridized carbons (Fsp3) is 0.280. The molecular formula is C25H27NO2. The molecule has 3 aromatic rings. The molecular weight excluding hydrogens is 346 g/mol. The van der Waals surface area contributed by atoms with Crippen LogP contribution >= 0.6 is 0 Å². The van der Waals surface area contributed by atoms with Gasteiger partial charge in [-0.2, -0.15) is 0 Å². The highest BCUT2D eigenvalue weighted by molar-refractivity contribution is 5.29. The quantitative estimate of drug-likeness (QED) is 0.589. The lowest BCUT2D eigenvalue weighted by Crippen LogP contribution is -2.39. The minimum Gasteiger partial charge on any atom is -0.489 e. The van der Waals surface area contributed by atoms with E-state index in [0.717, 1.165) is 38.4 Å². The molecule has 0 radical (unpaired) electrons. The van der Waals surface area contributed by atoms with Gasteiger partial charge in [0.2, 0.25) is 0 Å². The minimum absolute atomic E-state index is 0.132. The van der Waals surface area contributed by atoms with Gasteiger partial charge in [0.1, 0.15) is 12.4 Å². The summed E-state index contributed by atoms with van der Waals surface area (Å²) in [6.45, 7) is 4.39. The van der Waals surface area contributed by atoms with E-state index in [9.17, 15) is 0 Å². The molecule has 0 amide bonds. The number of hydrogen-bond donors (Lipinski definition) is 0. The van der Waals surface area contributed by atoms with E-state index in [1.165, 1.54) is 16.7 Å². The maximum atomic E-state index is 6.03. The molecule has 1 aliphatic rings. The monoisotopic (exact) mass is 373 g/mol. The molecule has 0 aromatic heterocycles. The molecule has 3 aromatic carbocycles. The Labute approximate surface area is 167 Å². The average Bonchev–Trinajstić information content (AvgIpc) is 2.78. The summed E-state index contributed by atoms with van der Waals surface area (Å²) < 4.78 is 11.9. The maximum absolute atomic E-state index is 6.03. The first-order chi connectivity index (χ1) is 13.9. The number of benzene rings is 3. The number of hydrogen-bond acceptors (Lipinski definition) is 3. The third kappa shape index (κ3) is 5.22. The van der Waals surface area contributed by atoms with Gasteiger partial charge >= 0.3 is 0 Å². The largest absolute Gasteiger partial charge is 0.489 e. The number of ether oxygens (including phenoxy) is 2. The fourth-order valence-corrected chi connectivity index (χ4v) is 3.56. The van der Waals surface area contributed by atoms with E-state index in [1.54, 1.807) is 0 Å². The van der Waals surface area contributed by atoms with Gasteiger partial charge in [0.25, 0.3) is 0 Å². The molecule has 1 aliphatic heterocycles. The highest BCUT2D eigenvalue weighted by atomic mass is 16.5. The topological polar surface area (TPSA) is 21.7 Å². The van der Waals surface area contributed by atoms with Crippen LogP contribution in [-0.4, -0.2) is 31.1 Å². The lowest BCUT2D eigenvalue weighted by molar-refractivity contribution is -0.0295. The number of rotatable bonds is 7. The van der Waals surface area contributed by atoms with Crippen LogP contribution in [-0.2, 0) is 17.8 Å². The summed E-state index contributed by atoms with van der Waals surface area (Å²) in [5, 5.41) is 0. The molecule has 1 unspecified atom stereocenters. The average molecular weight is 373 g/mol. The van der Waals surface area contributed by atoms with Gasteiger partial charge in [-0.1, -0.05) is 72.8 Å².